The van der Waals surface area contributed by atoms with E-state index in [0.29, 0.717) is 0 Å². The Morgan fingerprint density at radius 3 is 2.55 bits per heavy atom. The molecule has 114 valence electrons. The summed E-state index contributed by atoms with van der Waals surface area (Å²) >= 11 is 2.23. The Hall–Kier alpha value is -1.63. The first-order chi connectivity index (χ1) is 10.6. The van der Waals surface area contributed by atoms with Crippen LogP contribution in [-0.2, 0) is 4.79 Å². The van der Waals surface area contributed by atoms with Crippen molar-refractivity contribution in [3.8, 4) is 0 Å². The Morgan fingerprint density at radius 1 is 1.18 bits per heavy atom. The normalized spacial score (nSPS) is 15.2. The van der Waals surface area contributed by atoms with Gasteiger partial charge in [0, 0.05) is 15.3 Å². The molecule has 5 heteroatoms. The van der Waals surface area contributed by atoms with Gasteiger partial charge in [0.2, 0.25) is 5.91 Å². The predicted octanol–water partition coefficient (Wildman–Crippen LogP) is 3.86. The summed E-state index contributed by atoms with van der Waals surface area (Å²) in [6, 6.07) is 13.6. The monoisotopic (exact) mass is 410 g/mol. The second-order valence-electron chi connectivity index (χ2n) is 5.42. The number of carbonyl (C=O) groups excluding carboxylic acids is 1. The van der Waals surface area contributed by atoms with Gasteiger partial charge in [0.25, 0.3) is 0 Å². The van der Waals surface area contributed by atoms with Crippen molar-refractivity contribution in [3.05, 3.63) is 63.5 Å². The summed E-state index contributed by atoms with van der Waals surface area (Å²) < 4.78 is 14.2. The maximum Gasteiger partial charge on any atom is 0.247 e. The van der Waals surface area contributed by atoms with Gasteiger partial charge in [-0.3, -0.25) is 4.79 Å². The Morgan fingerprint density at radius 2 is 1.91 bits per heavy atom. The van der Waals surface area contributed by atoms with E-state index < -0.39 is 6.04 Å². The molecule has 0 unspecified atom stereocenters. The molecule has 1 aliphatic carbocycles. The zero-order chi connectivity index (χ0) is 15.5. The van der Waals surface area contributed by atoms with Crippen molar-refractivity contribution in [2.45, 2.75) is 24.9 Å². The number of anilines is 1. The maximum absolute atomic E-state index is 13.1. The van der Waals surface area contributed by atoms with Crippen LogP contribution < -0.4 is 10.6 Å². The van der Waals surface area contributed by atoms with E-state index in [1.54, 1.807) is 12.1 Å². The highest BCUT2D eigenvalue weighted by Crippen LogP contribution is 2.24. The van der Waals surface area contributed by atoms with Gasteiger partial charge in [-0.2, -0.15) is 0 Å². The van der Waals surface area contributed by atoms with Crippen molar-refractivity contribution in [3.63, 3.8) is 0 Å². The van der Waals surface area contributed by atoms with Crippen LogP contribution in [0.5, 0.6) is 0 Å². The summed E-state index contributed by atoms with van der Waals surface area (Å²) in [5.74, 6) is -0.382. The van der Waals surface area contributed by atoms with Crippen LogP contribution in [0, 0.1) is 9.39 Å². The Balaban J connectivity index is 1.84. The molecule has 1 amide bonds. The molecule has 3 nitrogen and oxygen atoms in total. The van der Waals surface area contributed by atoms with Gasteiger partial charge >= 0.3 is 0 Å². The molecular weight excluding hydrogens is 394 g/mol. The topological polar surface area (TPSA) is 41.1 Å². The fraction of sp³-hybridized carbons (Fsp3) is 0.235. The molecule has 0 spiro atoms. The third-order valence-corrected chi connectivity index (χ3v) is 4.20. The lowest BCUT2D eigenvalue weighted by Crippen LogP contribution is -2.34. The van der Waals surface area contributed by atoms with Crippen LogP contribution in [0.3, 0.4) is 0 Å². The van der Waals surface area contributed by atoms with Gasteiger partial charge in [0.1, 0.15) is 11.9 Å². The molecule has 0 aliphatic heterocycles. The molecule has 3 rings (SSSR count). The number of hydrogen-bond donors (Lipinski definition) is 2. The molecule has 1 fully saturated rings. The molecule has 2 aromatic rings. The largest absolute Gasteiger partial charge is 0.370 e. The minimum absolute atomic E-state index is 0.0760. The molecule has 0 heterocycles. The third kappa shape index (κ3) is 3.97. The first-order valence-corrected chi connectivity index (χ1v) is 8.27. The smallest absolute Gasteiger partial charge is 0.247 e. The molecule has 1 aliphatic rings. The molecule has 2 N–H and O–H groups in total. The number of hydrogen-bond acceptors (Lipinski definition) is 2. The van der Waals surface area contributed by atoms with E-state index in [1.807, 2.05) is 24.3 Å². The number of rotatable bonds is 5. The number of amides is 1. The van der Waals surface area contributed by atoms with Crippen LogP contribution in [0.4, 0.5) is 10.1 Å². The summed E-state index contributed by atoms with van der Waals surface area (Å²) in [5, 5.41) is 6.25. The maximum atomic E-state index is 13.1. The molecule has 2 aromatic carbocycles. The van der Waals surface area contributed by atoms with Gasteiger partial charge in [-0.05, 0) is 71.3 Å². The van der Waals surface area contributed by atoms with Gasteiger partial charge in [-0.15, -0.1) is 0 Å². The minimum Gasteiger partial charge on any atom is -0.370 e. The van der Waals surface area contributed by atoms with E-state index in [2.05, 4.69) is 33.2 Å². The Bertz CT molecular complexity index is 671. The van der Waals surface area contributed by atoms with Gasteiger partial charge in [0.15, 0.2) is 0 Å². The number of halogens is 2. The Kier molecular flexibility index (Phi) is 4.61. The molecular formula is C17H16FIN2O. The van der Waals surface area contributed by atoms with E-state index in [1.165, 1.54) is 12.1 Å². The first kappa shape index (κ1) is 15.3. The summed E-state index contributed by atoms with van der Waals surface area (Å²) in [6.07, 6.45) is 2.07. The molecule has 0 saturated heterocycles. The Labute approximate surface area is 142 Å². The lowest BCUT2D eigenvalue weighted by Gasteiger charge is -2.20. The molecule has 0 aromatic heterocycles. The average molecular weight is 410 g/mol. The lowest BCUT2D eigenvalue weighted by atomic mass is 10.1. The molecule has 0 radical (unpaired) electrons. The highest BCUT2D eigenvalue weighted by Gasteiger charge is 2.28. The number of carbonyl (C=O) groups is 1. The van der Waals surface area contributed by atoms with Gasteiger partial charge < -0.3 is 10.6 Å². The van der Waals surface area contributed by atoms with E-state index in [-0.39, 0.29) is 17.8 Å². The van der Waals surface area contributed by atoms with Crippen molar-refractivity contribution >= 4 is 34.2 Å². The van der Waals surface area contributed by atoms with E-state index in [0.717, 1.165) is 27.7 Å². The van der Waals surface area contributed by atoms with Gasteiger partial charge in [0.05, 0.1) is 0 Å². The van der Waals surface area contributed by atoms with Crippen LogP contribution in [0.2, 0.25) is 0 Å². The standard InChI is InChI=1S/C17H16FIN2O/c18-12-6-4-11(5-7-12)16(17(22)21-14-8-9-14)20-15-3-1-2-13(19)10-15/h1-7,10,14,16,20H,8-9H2,(H,21,22)/t16-/m0/s1. The van der Waals surface area contributed by atoms with Gasteiger partial charge in [-0.25, -0.2) is 4.39 Å². The SMILES string of the molecule is O=C(NC1CC1)[C@@H](Nc1cccc(I)c1)c1ccc(F)cc1. The van der Waals surface area contributed by atoms with Crippen molar-refractivity contribution in [2.75, 3.05) is 5.32 Å². The van der Waals surface area contributed by atoms with Crippen LogP contribution >= 0.6 is 22.6 Å². The fourth-order valence-electron chi connectivity index (χ4n) is 2.21. The summed E-state index contributed by atoms with van der Waals surface area (Å²) in [4.78, 5) is 12.5. The van der Waals surface area contributed by atoms with Crippen molar-refractivity contribution in [1.82, 2.24) is 5.32 Å². The summed E-state index contributed by atoms with van der Waals surface area (Å²) in [6.45, 7) is 0. The average Bonchev–Trinajstić information content (AvgIpc) is 3.30. The highest BCUT2D eigenvalue weighted by molar-refractivity contribution is 14.1. The van der Waals surface area contributed by atoms with Crippen LogP contribution in [-0.4, -0.2) is 11.9 Å². The van der Waals surface area contributed by atoms with Crippen LogP contribution in [0.1, 0.15) is 24.4 Å². The fourth-order valence-corrected chi connectivity index (χ4v) is 2.76. The minimum atomic E-state index is -0.528. The number of nitrogens with one attached hydrogen (secondary N) is 2. The van der Waals surface area contributed by atoms with E-state index in [9.17, 15) is 9.18 Å². The third-order valence-electron chi connectivity index (χ3n) is 3.52. The van der Waals surface area contributed by atoms with E-state index in [4.69, 9.17) is 0 Å². The molecule has 1 atom stereocenters. The second-order valence-corrected chi connectivity index (χ2v) is 6.67. The lowest BCUT2D eigenvalue weighted by molar-refractivity contribution is -0.122. The molecule has 22 heavy (non-hydrogen) atoms. The van der Waals surface area contributed by atoms with Crippen molar-refractivity contribution < 1.29 is 9.18 Å². The zero-order valence-electron chi connectivity index (χ0n) is 11.9. The second kappa shape index (κ2) is 6.64. The zero-order valence-corrected chi connectivity index (χ0v) is 14.0. The summed E-state index contributed by atoms with van der Waals surface area (Å²) in [5.41, 5.74) is 1.62. The quantitative estimate of drug-likeness (QED) is 0.736. The van der Waals surface area contributed by atoms with Crippen LogP contribution in [0.25, 0.3) is 0 Å². The predicted molar refractivity (Wildman–Crippen MR) is 93.1 cm³/mol. The highest BCUT2D eigenvalue weighted by atomic mass is 127. The summed E-state index contributed by atoms with van der Waals surface area (Å²) in [7, 11) is 0. The van der Waals surface area contributed by atoms with Crippen LogP contribution in [0.15, 0.2) is 48.5 Å². The van der Waals surface area contributed by atoms with Crippen molar-refractivity contribution in [1.29, 1.82) is 0 Å². The van der Waals surface area contributed by atoms with Crippen molar-refractivity contribution in [2.24, 2.45) is 0 Å². The first-order valence-electron chi connectivity index (χ1n) is 7.20. The molecule has 1 saturated carbocycles. The molecule has 0 bridgehead atoms. The van der Waals surface area contributed by atoms with Gasteiger partial charge in [-0.1, -0.05) is 18.2 Å². The van der Waals surface area contributed by atoms with E-state index >= 15 is 0 Å². The number of benzene rings is 2.